The number of guanidine groups is 1. The van der Waals surface area contributed by atoms with Crippen molar-refractivity contribution in [2.45, 2.75) is 45.1 Å². The number of amides is 1. The highest BCUT2D eigenvalue weighted by atomic mass is 19.2. The summed E-state index contributed by atoms with van der Waals surface area (Å²) in [7, 11) is 0. The predicted molar refractivity (Wildman–Crippen MR) is 91.8 cm³/mol. The number of carbonyl (C=O) groups is 1. The molecule has 3 rings (SSSR count). The van der Waals surface area contributed by atoms with Crippen molar-refractivity contribution < 1.29 is 13.6 Å². The molecule has 25 heavy (non-hydrogen) atoms. The molecule has 0 radical (unpaired) electrons. The van der Waals surface area contributed by atoms with Gasteiger partial charge in [-0.25, -0.2) is 13.8 Å². The molecule has 0 bridgehead atoms. The molecule has 1 aliphatic heterocycles. The van der Waals surface area contributed by atoms with Crippen LogP contribution < -0.4 is 10.7 Å². The first kappa shape index (κ1) is 17.2. The van der Waals surface area contributed by atoms with E-state index in [0.717, 1.165) is 43.5 Å². The van der Waals surface area contributed by atoms with Crippen molar-refractivity contribution in [3.63, 3.8) is 0 Å². The molecule has 0 saturated heterocycles. The quantitative estimate of drug-likeness (QED) is 0.637. The maximum absolute atomic E-state index is 13.3. The molecule has 1 aromatic rings. The Morgan fingerprint density at radius 2 is 2.04 bits per heavy atom. The fourth-order valence-electron chi connectivity index (χ4n) is 2.78. The molecule has 132 valence electrons. The molecular formula is C17H19F2N5O. The average molecular weight is 347 g/mol. The first-order valence-corrected chi connectivity index (χ1v) is 8.22. The maximum Gasteiger partial charge on any atom is 0.258 e. The van der Waals surface area contributed by atoms with Gasteiger partial charge >= 0.3 is 0 Å². The Morgan fingerprint density at radius 3 is 2.68 bits per heavy atom. The van der Waals surface area contributed by atoms with Crippen molar-refractivity contribution >= 4 is 23.4 Å². The smallest absolute Gasteiger partial charge is 0.258 e. The summed E-state index contributed by atoms with van der Waals surface area (Å²) < 4.78 is 26.4. The van der Waals surface area contributed by atoms with Gasteiger partial charge in [0.2, 0.25) is 5.96 Å². The summed E-state index contributed by atoms with van der Waals surface area (Å²) in [5.74, 6) is -1.92. The summed E-state index contributed by atoms with van der Waals surface area (Å²) in [6.07, 6.45) is 4.62. The second-order valence-electron chi connectivity index (χ2n) is 6.17. The standard InChI is InChI=1S/C17H19F2N5O/c1-10-8-15(24-23-10)21-17(20-12-4-2-3-5-12)22-16(25)11-6-7-13(18)14(19)9-11/h6-7,9,12H,2-5,8H2,1H3,(H2,20,21,22,24,25). The second-order valence-corrected chi connectivity index (χ2v) is 6.17. The van der Waals surface area contributed by atoms with Gasteiger partial charge in [-0.15, -0.1) is 0 Å². The highest BCUT2D eigenvalue weighted by Crippen LogP contribution is 2.21. The highest BCUT2D eigenvalue weighted by Gasteiger charge is 2.18. The van der Waals surface area contributed by atoms with E-state index in [1.165, 1.54) is 6.07 Å². The summed E-state index contributed by atoms with van der Waals surface area (Å²) in [6.45, 7) is 1.86. The number of nitrogens with zero attached hydrogens (tertiary/aromatic N) is 3. The molecule has 1 heterocycles. The number of hydrogen-bond donors (Lipinski definition) is 2. The normalized spacial score (nSPS) is 19.9. The third-order valence-electron chi connectivity index (χ3n) is 4.08. The number of halogens is 2. The van der Waals surface area contributed by atoms with Gasteiger partial charge < -0.3 is 0 Å². The average Bonchev–Trinajstić information content (AvgIpc) is 3.22. The van der Waals surface area contributed by atoms with E-state index in [0.29, 0.717) is 12.3 Å². The van der Waals surface area contributed by atoms with Gasteiger partial charge in [-0.3, -0.25) is 15.5 Å². The Morgan fingerprint density at radius 1 is 1.28 bits per heavy atom. The third-order valence-corrected chi connectivity index (χ3v) is 4.08. The van der Waals surface area contributed by atoms with Crippen LogP contribution in [0, 0.1) is 11.6 Å². The molecular weight excluding hydrogens is 328 g/mol. The molecule has 1 fully saturated rings. The minimum absolute atomic E-state index is 0.00466. The van der Waals surface area contributed by atoms with Crippen LogP contribution in [0.15, 0.2) is 33.3 Å². The highest BCUT2D eigenvalue weighted by molar-refractivity contribution is 6.13. The Hall–Kier alpha value is -2.64. The first-order valence-electron chi connectivity index (χ1n) is 8.22. The van der Waals surface area contributed by atoms with Crippen molar-refractivity contribution in [1.82, 2.24) is 10.7 Å². The number of hydrogen-bond acceptors (Lipinski definition) is 3. The number of aliphatic imine (C=N–C) groups is 2. The zero-order chi connectivity index (χ0) is 17.8. The maximum atomic E-state index is 13.3. The summed E-state index contributed by atoms with van der Waals surface area (Å²) in [4.78, 5) is 21.2. The van der Waals surface area contributed by atoms with Crippen LogP contribution in [0.25, 0.3) is 0 Å². The van der Waals surface area contributed by atoms with E-state index in [2.05, 4.69) is 25.8 Å². The number of benzene rings is 1. The molecule has 2 N–H and O–H groups in total. The van der Waals surface area contributed by atoms with Crippen molar-refractivity contribution in [1.29, 1.82) is 0 Å². The van der Waals surface area contributed by atoms with Gasteiger partial charge in [0.25, 0.3) is 5.91 Å². The minimum atomic E-state index is -1.07. The van der Waals surface area contributed by atoms with Crippen LogP contribution in [0.5, 0.6) is 0 Å². The fraction of sp³-hybridized carbons (Fsp3) is 0.412. The topological polar surface area (TPSA) is 78.2 Å². The summed E-state index contributed by atoms with van der Waals surface area (Å²) in [5.41, 5.74) is 3.67. The van der Waals surface area contributed by atoms with E-state index in [4.69, 9.17) is 0 Å². The molecule has 2 aliphatic rings. The van der Waals surface area contributed by atoms with E-state index in [1.54, 1.807) is 0 Å². The Kier molecular flexibility index (Phi) is 5.16. The van der Waals surface area contributed by atoms with E-state index >= 15 is 0 Å². The lowest BCUT2D eigenvalue weighted by molar-refractivity contribution is 0.0976. The molecule has 8 heteroatoms. The number of hydrazone groups is 1. The third kappa shape index (κ3) is 4.46. The zero-order valence-corrected chi connectivity index (χ0v) is 13.9. The van der Waals surface area contributed by atoms with Crippen LogP contribution in [0.4, 0.5) is 8.78 Å². The van der Waals surface area contributed by atoms with Crippen molar-refractivity contribution in [2.75, 3.05) is 0 Å². The molecule has 0 aromatic heterocycles. The van der Waals surface area contributed by atoms with Crippen LogP contribution in [0.3, 0.4) is 0 Å². The van der Waals surface area contributed by atoms with Crippen molar-refractivity contribution in [2.24, 2.45) is 15.1 Å². The molecule has 1 amide bonds. The Bertz CT molecular complexity index is 766. The molecule has 0 unspecified atom stereocenters. The lowest BCUT2D eigenvalue weighted by Gasteiger charge is -2.09. The lowest BCUT2D eigenvalue weighted by atomic mass is 10.2. The van der Waals surface area contributed by atoms with Crippen LogP contribution >= 0.6 is 0 Å². The number of carbonyl (C=O) groups excluding carboxylic acids is 1. The Labute approximate surface area is 144 Å². The SMILES string of the molecule is CC1=NNC(=NC(=NC2CCCC2)NC(=O)c2ccc(F)c(F)c2)C1. The predicted octanol–water partition coefficient (Wildman–Crippen LogP) is 2.76. The second kappa shape index (κ2) is 7.50. The molecule has 6 nitrogen and oxygen atoms in total. The lowest BCUT2D eigenvalue weighted by Crippen LogP contribution is -2.32. The minimum Gasteiger partial charge on any atom is -0.291 e. The van der Waals surface area contributed by atoms with Crippen LogP contribution in [0.2, 0.25) is 0 Å². The summed E-state index contributed by atoms with van der Waals surface area (Å²) >= 11 is 0. The van der Waals surface area contributed by atoms with E-state index in [-0.39, 0.29) is 17.6 Å². The van der Waals surface area contributed by atoms with Gasteiger partial charge in [0.15, 0.2) is 11.6 Å². The number of nitrogens with one attached hydrogen (secondary N) is 2. The van der Waals surface area contributed by atoms with Crippen LogP contribution in [0.1, 0.15) is 49.4 Å². The van der Waals surface area contributed by atoms with Crippen molar-refractivity contribution in [3.8, 4) is 0 Å². The van der Waals surface area contributed by atoms with Crippen LogP contribution in [-0.4, -0.2) is 29.5 Å². The van der Waals surface area contributed by atoms with Gasteiger partial charge in [-0.05, 0) is 38.0 Å². The molecule has 1 aromatic carbocycles. The summed E-state index contributed by atoms with van der Waals surface area (Å²) in [6, 6.07) is 3.09. The number of amidine groups is 1. The van der Waals surface area contributed by atoms with Gasteiger partial charge in [0.1, 0.15) is 5.84 Å². The Balaban J connectivity index is 1.79. The number of rotatable bonds is 2. The van der Waals surface area contributed by atoms with E-state index < -0.39 is 17.5 Å². The molecule has 1 aliphatic carbocycles. The fourth-order valence-corrected chi connectivity index (χ4v) is 2.78. The van der Waals surface area contributed by atoms with Gasteiger partial charge in [0, 0.05) is 17.7 Å². The molecule has 0 spiro atoms. The van der Waals surface area contributed by atoms with Gasteiger partial charge in [-0.1, -0.05) is 12.8 Å². The van der Waals surface area contributed by atoms with E-state index in [1.807, 2.05) is 6.92 Å². The molecule has 1 saturated carbocycles. The van der Waals surface area contributed by atoms with E-state index in [9.17, 15) is 13.6 Å². The monoisotopic (exact) mass is 347 g/mol. The van der Waals surface area contributed by atoms with Gasteiger partial charge in [0.05, 0.1) is 6.04 Å². The van der Waals surface area contributed by atoms with Gasteiger partial charge in [-0.2, -0.15) is 10.1 Å². The molecule has 0 atom stereocenters. The van der Waals surface area contributed by atoms with Crippen LogP contribution in [-0.2, 0) is 0 Å². The first-order chi connectivity index (χ1) is 12.0. The van der Waals surface area contributed by atoms with Crippen molar-refractivity contribution in [3.05, 3.63) is 35.4 Å². The summed E-state index contributed by atoms with van der Waals surface area (Å²) in [5, 5.41) is 6.63. The zero-order valence-electron chi connectivity index (χ0n) is 13.9. The largest absolute Gasteiger partial charge is 0.291 e.